The van der Waals surface area contributed by atoms with Crippen molar-refractivity contribution in [3.05, 3.63) is 24.3 Å². The quantitative estimate of drug-likeness (QED) is 0.749. The van der Waals surface area contributed by atoms with E-state index >= 15 is 0 Å². The zero-order chi connectivity index (χ0) is 19.6. The van der Waals surface area contributed by atoms with Gasteiger partial charge < -0.3 is 10.1 Å². The molecular formula is C17H24N4O5S. The smallest absolute Gasteiger partial charge is 0.324 e. The van der Waals surface area contributed by atoms with Gasteiger partial charge in [0.2, 0.25) is 15.9 Å². The minimum Gasteiger partial charge on any atom is -0.497 e. The van der Waals surface area contributed by atoms with Crippen molar-refractivity contribution < 1.29 is 22.7 Å². The van der Waals surface area contributed by atoms with Gasteiger partial charge in [0, 0.05) is 39.3 Å². The SMILES string of the molecule is COc1ccc(S(=O)(=O)N2CCN([C@@H](C)C(=O)N3CCNC3=O)CC2)cc1. The molecule has 0 aromatic heterocycles. The second kappa shape index (κ2) is 7.83. The summed E-state index contributed by atoms with van der Waals surface area (Å²) in [7, 11) is -2.06. The third kappa shape index (κ3) is 3.92. The standard InChI is InChI=1S/C17H24N4O5S/c1-13(16(22)21-8-7-18-17(21)23)19-9-11-20(12-10-19)27(24,25)15-5-3-14(26-2)4-6-15/h3-6,13H,7-12H2,1-2H3,(H,18,23)/t13-/m0/s1. The maximum atomic E-state index is 12.8. The highest BCUT2D eigenvalue weighted by Crippen LogP contribution is 2.21. The first-order chi connectivity index (χ1) is 12.8. The summed E-state index contributed by atoms with van der Waals surface area (Å²) in [5, 5.41) is 2.61. The first-order valence-electron chi connectivity index (χ1n) is 8.82. The van der Waals surface area contributed by atoms with Gasteiger partial charge in [-0.25, -0.2) is 13.2 Å². The Morgan fingerprint density at radius 1 is 1.11 bits per heavy atom. The van der Waals surface area contributed by atoms with E-state index in [4.69, 9.17) is 4.74 Å². The van der Waals surface area contributed by atoms with Gasteiger partial charge in [-0.2, -0.15) is 4.31 Å². The van der Waals surface area contributed by atoms with E-state index in [-0.39, 0.29) is 29.9 Å². The number of hydrogen-bond donors (Lipinski definition) is 1. The number of urea groups is 1. The molecule has 2 aliphatic rings. The molecule has 0 bridgehead atoms. The van der Waals surface area contributed by atoms with Crippen LogP contribution >= 0.6 is 0 Å². The lowest BCUT2D eigenvalue weighted by molar-refractivity contribution is -0.133. The number of nitrogens with zero attached hydrogens (tertiary/aromatic N) is 3. The van der Waals surface area contributed by atoms with E-state index in [1.807, 2.05) is 4.90 Å². The molecule has 9 nitrogen and oxygen atoms in total. The second-order valence-electron chi connectivity index (χ2n) is 6.51. The molecule has 0 unspecified atom stereocenters. The van der Waals surface area contributed by atoms with Gasteiger partial charge in [0.1, 0.15) is 5.75 Å². The normalized spacial score (nSPS) is 20.4. The number of rotatable bonds is 5. The van der Waals surface area contributed by atoms with Gasteiger partial charge in [-0.1, -0.05) is 0 Å². The molecule has 3 amide bonds. The topological polar surface area (TPSA) is 99.3 Å². The molecule has 2 heterocycles. The Morgan fingerprint density at radius 2 is 1.74 bits per heavy atom. The average molecular weight is 396 g/mol. The molecule has 1 aromatic rings. The molecule has 3 rings (SSSR count). The summed E-state index contributed by atoms with van der Waals surface area (Å²) in [5.74, 6) is 0.341. The van der Waals surface area contributed by atoms with Gasteiger partial charge in [-0.3, -0.25) is 14.6 Å². The first-order valence-corrected chi connectivity index (χ1v) is 10.3. The van der Waals surface area contributed by atoms with Crippen molar-refractivity contribution in [3.8, 4) is 5.75 Å². The number of imide groups is 1. The van der Waals surface area contributed by atoms with Crippen LogP contribution < -0.4 is 10.1 Å². The van der Waals surface area contributed by atoms with Crippen molar-refractivity contribution >= 4 is 22.0 Å². The zero-order valence-corrected chi connectivity index (χ0v) is 16.2. The highest BCUT2D eigenvalue weighted by molar-refractivity contribution is 7.89. The van der Waals surface area contributed by atoms with Gasteiger partial charge in [0.05, 0.1) is 18.0 Å². The third-order valence-corrected chi connectivity index (χ3v) is 6.91. The monoisotopic (exact) mass is 396 g/mol. The fraction of sp³-hybridized carbons (Fsp3) is 0.529. The van der Waals surface area contributed by atoms with Crippen LogP contribution in [0.3, 0.4) is 0 Å². The minimum absolute atomic E-state index is 0.217. The summed E-state index contributed by atoms with van der Waals surface area (Å²) in [4.78, 5) is 27.5. The van der Waals surface area contributed by atoms with Crippen LogP contribution in [-0.4, -0.2) is 86.9 Å². The van der Waals surface area contributed by atoms with E-state index in [2.05, 4.69) is 5.32 Å². The molecule has 2 fully saturated rings. The van der Waals surface area contributed by atoms with Crippen LogP contribution in [-0.2, 0) is 14.8 Å². The minimum atomic E-state index is -3.59. The summed E-state index contributed by atoms with van der Waals surface area (Å²) in [6.07, 6.45) is 0. The predicted molar refractivity (Wildman–Crippen MR) is 97.9 cm³/mol. The Hall–Kier alpha value is -2.17. The molecular weight excluding hydrogens is 372 g/mol. The van der Waals surface area contributed by atoms with E-state index in [1.54, 1.807) is 19.1 Å². The van der Waals surface area contributed by atoms with Crippen molar-refractivity contribution in [2.45, 2.75) is 17.9 Å². The summed E-state index contributed by atoms with van der Waals surface area (Å²) in [6.45, 7) is 4.02. The number of ether oxygens (including phenoxy) is 1. The van der Waals surface area contributed by atoms with Crippen molar-refractivity contribution in [1.29, 1.82) is 0 Å². The van der Waals surface area contributed by atoms with Gasteiger partial charge in [-0.15, -0.1) is 0 Å². The van der Waals surface area contributed by atoms with Crippen molar-refractivity contribution in [3.63, 3.8) is 0 Å². The fourth-order valence-corrected chi connectivity index (χ4v) is 4.71. The van der Waals surface area contributed by atoms with Crippen LogP contribution in [0.25, 0.3) is 0 Å². The molecule has 1 N–H and O–H groups in total. The lowest BCUT2D eigenvalue weighted by atomic mass is 10.2. The van der Waals surface area contributed by atoms with Crippen molar-refractivity contribution in [1.82, 2.24) is 19.4 Å². The van der Waals surface area contributed by atoms with Crippen LogP contribution in [0.15, 0.2) is 29.2 Å². The van der Waals surface area contributed by atoms with E-state index in [0.717, 1.165) is 0 Å². The summed E-state index contributed by atoms with van der Waals surface area (Å²) < 4.78 is 32.1. The molecule has 10 heteroatoms. The Morgan fingerprint density at radius 3 is 2.26 bits per heavy atom. The number of sulfonamides is 1. The highest BCUT2D eigenvalue weighted by atomic mass is 32.2. The molecule has 0 spiro atoms. The Labute approximate surface area is 158 Å². The van der Waals surface area contributed by atoms with Gasteiger partial charge in [0.25, 0.3) is 0 Å². The van der Waals surface area contributed by atoms with Crippen LogP contribution in [0.4, 0.5) is 4.79 Å². The number of carbonyl (C=O) groups is 2. The van der Waals surface area contributed by atoms with Crippen molar-refractivity contribution in [2.75, 3.05) is 46.4 Å². The molecule has 1 atom stereocenters. The first kappa shape index (κ1) is 19.6. The molecule has 148 valence electrons. The lowest BCUT2D eigenvalue weighted by Crippen LogP contribution is -2.55. The Bertz CT molecular complexity index is 803. The molecule has 27 heavy (non-hydrogen) atoms. The van der Waals surface area contributed by atoms with Crippen LogP contribution in [0.1, 0.15) is 6.92 Å². The molecule has 0 radical (unpaired) electrons. The van der Waals surface area contributed by atoms with Crippen LogP contribution in [0, 0.1) is 0 Å². The fourth-order valence-electron chi connectivity index (χ4n) is 3.29. The van der Waals surface area contributed by atoms with E-state index < -0.39 is 16.1 Å². The Kier molecular flexibility index (Phi) is 5.68. The Balaban J connectivity index is 1.62. The van der Waals surface area contributed by atoms with Crippen LogP contribution in [0.2, 0.25) is 0 Å². The maximum Gasteiger partial charge on any atom is 0.324 e. The number of amides is 3. The number of carbonyl (C=O) groups excluding carboxylic acids is 2. The zero-order valence-electron chi connectivity index (χ0n) is 15.4. The predicted octanol–water partition coefficient (Wildman–Crippen LogP) is -0.0582. The molecule has 2 aliphatic heterocycles. The van der Waals surface area contributed by atoms with Gasteiger partial charge in [-0.05, 0) is 31.2 Å². The van der Waals surface area contributed by atoms with E-state index in [0.29, 0.717) is 31.9 Å². The maximum absolute atomic E-state index is 12.8. The highest BCUT2D eigenvalue weighted by Gasteiger charge is 2.35. The van der Waals surface area contributed by atoms with E-state index in [9.17, 15) is 18.0 Å². The largest absolute Gasteiger partial charge is 0.497 e. The van der Waals surface area contributed by atoms with E-state index in [1.165, 1.54) is 28.4 Å². The molecule has 0 aliphatic carbocycles. The summed E-state index contributed by atoms with van der Waals surface area (Å²) >= 11 is 0. The molecule has 0 saturated carbocycles. The van der Waals surface area contributed by atoms with Crippen molar-refractivity contribution in [2.24, 2.45) is 0 Å². The third-order valence-electron chi connectivity index (χ3n) is 5.00. The average Bonchev–Trinajstić information content (AvgIpc) is 3.12. The second-order valence-corrected chi connectivity index (χ2v) is 8.45. The molecule has 2 saturated heterocycles. The molecule has 1 aromatic carbocycles. The number of piperazine rings is 1. The number of nitrogens with one attached hydrogen (secondary N) is 1. The van der Waals surface area contributed by atoms with Gasteiger partial charge in [0.15, 0.2) is 0 Å². The lowest BCUT2D eigenvalue weighted by Gasteiger charge is -2.37. The number of hydrogen-bond acceptors (Lipinski definition) is 6. The summed E-state index contributed by atoms with van der Waals surface area (Å²) in [6, 6.07) is 5.44. The summed E-state index contributed by atoms with van der Waals surface area (Å²) in [5.41, 5.74) is 0. The number of benzene rings is 1. The van der Waals surface area contributed by atoms with Crippen LogP contribution in [0.5, 0.6) is 5.75 Å². The van der Waals surface area contributed by atoms with Gasteiger partial charge >= 0.3 is 6.03 Å². The number of methoxy groups -OCH3 is 1.